The fourth-order valence-electron chi connectivity index (χ4n) is 2.66. The van der Waals surface area contributed by atoms with E-state index >= 15 is 0 Å². The Morgan fingerprint density at radius 2 is 2.05 bits per heavy atom. The van der Waals surface area contributed by atoms with Crippen LogP contribution in [0.4, 0.5) is 5.69 Å². The van der Waals surface area contributed by atoms with Crippen molar-refractivity contribution in [3.05, 3.63) is 24.3 Å². The minimum atomic E-state index is -0.349. The van der Waals surface area contributed by atoms with Crippen molar-refractivity contribution in [1.82, 2.24) is 0 Å². The van der Waals surface area contributed by atoms with Crippen LogP contribution in [0.25, 0.3) is 0 Å². The molecule has 102 valence electrons. The van der Waals surface area contributed by atoms with Crippen molar-refractivity contribution < 1.29 is 14.3 Å². The van der Waals surface area contributed by atoms with E-state index < -0.39 is 0 Å². The number of rotatable bonds is 3. The minimum absolute atomic E-state index is 0.203. The third kappa shape index (κ3) is 2.89. The fourth-order valence-corrected chi connectivity index (χ4v) is 2.66. The number of anilines is 1. The number of carbonyl (C=O) groups excluding carboxylic acids is 1. The van der Waals surface area contributed by atoms with Crippen LogP contribution >= 0.6 is 0 Å². The maximum Gasteiger partial charge on any atom is 0.175 e. The molecule has 2 aliphatic rings. The summed E-state index contributed by atoms with van der Waals surface area (Å²) >= 11 is 0. The van der Waals surface area contributed by atoms with Crippen molar-refractivity contribution in [2.45, 2.75) is 25.4 Å². The Kier molecular flexibility index (Phi) is 3.69. The Hall–Kier alpha value is -1.55. The number of hydrogen-bond donors (Lipinski definition) is 1. The van der Waals surface area contributed by atoms with Gasteiger partial charge in [-0.05, 0) is 30.9 Å². The summed E-state index contributed by atoms with van der Waals surface area (Å²) in [5, 5.41) is 3.26. The second kappa shape index (κ2) is 5.61. The SMILES string of the molecule is O=C(CC1CCOCC1)C1CNc2ccccc2O1. The fraction of sp³-hybridized carbons (Fsp3) is 0.533. The molecule has 0 radical (unpaired) electrons. The van der Waals surface area contributed by atoms with Gasteiger partial charge in [-0.2, -0.15) is 0 Å². The third-order valence-corrected chi connectivity index (χ3v) is 3.82. The molecule has 1 aromatic carbocycles. The average molecular weight is 261 g/mol. The highest BCUT2D eigenvalue weighted by molar-refractivity contribution is 5.85. The lowest BCUT2D eigenvalue weighted by Crippen LogP contribution is -2.39. The molecule has 0 saturated carbocycles. The van der Waals surface area contributed by atoms with E-state index in [9.17, 15) is 4.79 Å². The molecule has 4 heteroatoms. The highest BCUT2D eigenvalue weighted by atomic mass is 16.5. The van der Waals surface area contributed by atoms with Gasteiger partial charge in [0.2, 0.25) is 0 Å². The summed E-state index contributed by atoms with van der Waals surface area (Å²) in [6, 6.07) is 7.75. The van der Waals surface area contributed by atoms with E-state index in [0.29, 0.717) is 18.9 Å². The first-order valence-corrected chi connectivity index (χ1v) is 6.93. The molecule has 0 aliphatic carbocycles. The van der Waals surface area contributed by atoms with Crippen molar-refractivity contribution in [3.63, 3.8) is 0 Å². The third-order valence-electron chi connectivity index (χ3n) is 3.82. The lowest BCUT2D eigenvalue weighted by Gasteiger charge is -2.28. The maximum atomic E-state index is 12.3. The van der Waals surface area contributed by atoms with Crippen molar-refractivity contribution in [2.75, 3.05) is 25.1 Å². The van der Waals surface area contributed by atoms with E-state index in [1.807, 2.05) is 24.3 Å². The van der Waals surface area contributed by atoms with Gasteiger partial charge in [0.15, 0.2) is 11.9 Å². The summed E-state index contributed by atoms with van der Waals surface area (Å²) in [5.74, 6) is 1.44. The highest BCUT2D eigenvalue weighted by Crippen LogP contribution is 2.29. The normalized spacial score (nSPS) is 23.1. The Balaban J connectivity index is 1.59. The van der Waals surface area contributed by atoms with Gasteiger partial charge in [0, 0.05) is 19.6 Å². The van der Waals surface area contributed by atoms with Crippen LogP contribution in [0, 0.1) is 5.92 Å². The average Bonchev–Trinajstić information content (AvgIpc) is 2.48. The van der Waals surface area contributed by atoms with Gasteiger partial charge >= 0.3 is 0 Å². The summed E-state index contributed by atoms with van der Waals surface area (Å²) in [4.78, 5) is 12.3. The smallest absolute Gasteiger partial charge is 0.175 e. The van der Waals surface area contributed by atoms with Crippen molar-refractivity contribution in [3.8, 4) is 5.75 Å². The second-order valence-electron chi connectivity index (χ2n) is 5.21. The van der Waals surface area contributed by atoms with E-state index in [0.717, 1.165) is 37.5 Å². The lowest BCUT2D eigenvalue weighted by atomic mass is 9.92. The first-order chi connectivity index (χ1) is 9.33. The number of carbonyl (C=O) groups is 1. The number of hydrogen-bond acceptors (Lipinski definition) is 4. The van der Waals surface area contributed by atoms with Gasteiger partial charge in [0.05, 0.1) is 12.2 Å². The summed E-state index contributed by atoms with van der Waals surface area (Å²) < 4.78 is 11.1. The molecule has 3 rings (SSSR count). The zero-order chi connectivity index (χ0) is 13.1. The van der Waals surface area contributed by atoms with Gasteiger partial charge in [0.1, 0.15) is 5.75 Å². The zero-order valence-electron chi connectivity index (χ0n) is 10.9. The maximum absolute atomic E-state index is 12.3. The molecule has 1 atom stereocenters. The topological polar surface area (TPSA) is 47.6 Å². The first-order valence-electron chi connectivity index (χ1n) is 6.93. The molecule has 0 aromatic heterocycles. The van der Waals surface area contributed by atoms with E-state index in [4.69, 9.17) is 9.47 Å². The molecule has 4 nitrogen and oxygen atoms in total. The van der Waals surface area contributed by atoms with Crippen LogP contribution in [0.1, 0.15) is 19.3 Å². The highest BCUT2D eigenvalue weighted by Gasteiger charge is 2.28. The Morgan fingerprint density at radius 1 is 1.26 bits per heavy atom. The molecule has 0 amide bonds. The molecule has 2 aliphatic heterocycles. The Labute approximate surface area is 113 Å². The molecular formula is C15H19NO3. The first kappa shape index (κ1) is 12.5. The van der Waals surface area contributed by atoms with Crippen molar-refractivity contribution in [2.24, 2.45) is 5.92 Å². The van der Waals surface area contributed by atoms with E-state index in [1.54, 1.807) is 0 Å². The number of nitrogens with one attached hydrogen (secondary N) is 1. The number of fused-ring (bicyclic) bond motifs is 1. The molecule has 2 heterocycles. The summed E-state index contributed by atoms with van der Waals surface area (Å²) in [5.41, 5.74) is 0.970. The summed E-state index contributed by atoms with van der Waals surface area (Å²) in [6.07, 6.45) is 2.24. The predicted molar refractivity (Wildman–Crippen MR) is 72.5 cm³/mol. The monoisotopic (exact) mass is 261 g/mol. The molecule has 1 unspecified atom stereocenters. The minimum Gasteiger partial charge on any atom is -0.479 e. The molecule has 0 spiro atoms. The molecule has 1 N–H and O–H groups in total. The van der Waals surface area contributed by atoms with Gasteiger partial charge in [-0.15, -0.1) is 0 Å². The number of Topliss-reactive ketones (excluding diaryl/α,β-unsaturated/α-hetero) is 1. The molecule has 1 fully saturated rings. The van der Waals surface area contributed by atoms with Crippen LogP contribution in [-0.4, -0.2) is 31.6 Å². The van der Waals surface area contributed by atoms with Crippen LogP contribution < -0.4 is 10.1 Å². The quantitative estimate of drug-likeness (QED) is 0.906. The summed E-state index contributed by atoms with van der Waals surface area (Å²) in [6.45, 7) is 2.13. The van der Waals surface area contributed by atoms with Gasteiger partial charge in [0.25, 0.3) is 0 Å². The van der Waals surface area contributed by atoms with Crippen LogP contribution in [0.15, 0.2) is 24.3 Å². The summed E-state index contributed by atoms with van der Waals surface area (Å²) in [7, 11) is 0. The van der Waals surface area contributed by atoms with Gasteiger partial charge in [-0.3, -0.25) is 4.79 Å². The van der Waals surface area contributed by atoms with Gasteiger partial charge in [-0.25, -0.2) is 0 Å². The van der Waals surface area contributed by atoms with E-state index in [-0.39, 0.29) is 11.9 Å². The molecule has 19 heavy (non-hydrogen) atoms. The Morgan fingerprint density at radius 3 is 2.89 bits per heavy atom. The van der Waals surface area contributed by atoms with Crippen LogP contribution in [0.2, 0.25) is 0 Å². The molecule has 0 bridgehead atoms. The van der Waals surface area contributed by atoms with Crippen LogP contribution in [-0.2, 0) is 9.53 Å². The van der Waals surface area contributed by atoms with E-state index in [2.05, 4.69) is 5.32 Å². The van der Waals surface area contributed by atoms with Crippen molar-refractivity contribution >= 4 is 11.5 Å². The Bertz CT molecular complexity index is 454. The van der Waals surface area contributed by atoms with Gasteiger partial charge in [-0.1, -0.05) is 12.1 Å². The lowest BCUT2D eigenvalue weighted by molar-refractivity contribution is -0.127. The molecule has 1 aromatic rings. The standard InChI is InChI=1S/C15H19NO3/c17-13(9-11-5-7-18-8-6-11)15-10-16-12-3-1-2-4-14(12)19-15/h1-4,11,15-16H,5-10H2. The number of benzene rings is 1. The van der Waals surface area contributed by atoms with Crippen LogP contribution in [0.3, 0.4) is 0 Å². The second-order valence-corrected chi connectivity index (χ2v) is 5.21. The molecular weight excluding hydrogens is 242 g/mol. The number of ether oxygens (including phenoxy) is 2. The van der Waals surface area contributed by atoms with Gasteiger partial charge < -0.3 is 14.8 Å². The largest absolute Gasteiger partial charge is 0.479 e. The number of para-hydroxylation sites is 2. The van der Waals surface area contributed by atoms with Crippen LogP contribution in [0.5, 0.6) is 5.75 Å². The predicted octanol–water partition coefficient (Wildman–Crippen LogP) is 2.25. The van der Waals surface area contributed by atoms with Crippen molar-refractivity contribution in [1.29, 1.82) is 0 Å². The van der Waals surface area contributed by atoms with E-state index in [1.165, 1.54) is 0 Å². The number of ketones is 1. The molecule has 1 saturated heterocycles. The zero-order valence-corrected chi connectivity index (χ0v) is 10.9.